The molecule has 0 N–H and O–H groups in total. The number of fused-ring (bicyclic) bond motifs is 18. The summed E-state index contributed by atoms with van der Waals surface area (Å²) in [4.78, 5) is 0. The molecular formula is C54H27B3O6. The molecule has 0 aliphatic carbocycles. The van der Waals surface area contributed by atoms with Crippen molar-refractivity contribution in [3.8, 4) is 69.0 Å². The molecule has 10 aromatic rings. The monoisotopic (exact) mass is 804 g/mol. The van der Waals surface area contributed by atoms with Crippen LogP contribution in [-0.2, 0) is 0 Å². The first-order chi connectivity index (χ1) is 31.2. The van der Waals surface area contributed by atoms with Gasteiger partial charge in [0.2, 0.25) is 0 Å². The van der Waals surface area contributed by atoms with Crippen LogP contribution in [0.1, 0.15) is 0 Å². The molecule has 9 heteroatoms. The fourth-order valence-electron chi connectivity index (χ4n) is 11.6. The summed E-state index contributed by atoms with van der Waals surface area (Å²) in [6.45, 7) is -0.240. The highest BCUT2D eigenvalue weighted by Gasteiger charge is 2.44. The summed E-state index contributed by atoms with van der Waals surface area (Å²) in [7, 11) is 0. The van der Waals surface area contributed by atoms with Crippen LogP contribution in [0.4, 0.5) is 0 Å². The Labute approximate surface area is 361 Å². The molecule has 6 aliphatic heterocycles. The number of hydrogen-bond donors (Lipinski definition) is 0. The fraction of sp³-hybridized carbons (Fsp3) is 0. The second-order valence-electron chi connectivity index (χ2n) is 17.3. The van der Waals surface area contributed by atoms with Crippen LogP contribution in [0, 0.1) is 0 Å². The van der Waals surface area contributed by atoms with E-state index in [4.69, 9.17) is 28.4 Å². The van der Waals surface area contributed by atoms with Crippen molar-refractivity contribution in [3.05, 3.63) is 164 Å². The summed E-state index contributed by atoms with van der Waals surface area (Å²) in [5.74, 6) is 10.0. The molecule has 0 spiro atoms. The Morgan fingerprint density at radius 1 is 0.206 bits per heavy atom. The molecule has 0 saturated carbocycles. The zero-order chi connectivity index (χ0) is 40.7. The smallest absolute Gasteiger partial charge is 0.260 e. The summed E-state index contributed by atoms with van der Waals surface area (Å²) in [6.07, 6.45) is 0. The van der Waals surface area contributed by atoms with E-state index < -0.39 is 0 Å². The minimum atomic E-state index is -0.0800. The summed E-state index contributed by atoms with van der Waals surface area (Å²) >= 11 is 0. The van der Waals surface area contributed by atoms with Crippen molar-refractivity contribution >= 4 is 102 Å². The van der Waals surface area contributed by atoms with Gasteiger partial charge in [0, 0.05) is 16.4 Å². The molecule has 0 amide bonds. The number of para-hydroxylation sites is 3. The van der Waals surface area contributed by atoms with Crippen LogP contribution in [0.25, 0.3) is 32.3 Å². The lowest BCUT2D eigenvalue weighted by atomic mass is 9.34. The van der Waals surface area contributed by atoms with Gasteiger partial charge < -0.3 is 28.4 Å². The molecule has 10 aromatic carbocycles. The van der Waals surface area contributed by atoms with Crippen molar-refractivity contribution in [1.82, 2.24) is 0 Å². The van der Waals surface area contributed by atoms with Gasteiger partial charge in [-0.15, -0.1) is 0 Å². The molecule has 288 valence electrons. The van der Waals surface area contributed by atoms with Crippen molar-refractivity contribution in [1.29, 1.82) is 0 Å². The summed E-state index contributed by atoms with van der Waals surface area (Å²) in [5, 5.41) is 6.63. The maximum absolute atomic E-state index is 6.93. The van der Waals surface area contributed by atoms with Crippen molar-refractivity contribution in [3.63, 3.8) is 0 Å². The molecular weight excluding hydrogens is 777 g/mol. The van der Waals surface area contributed by atoms with E-state index in [1.807, 2.05) is 54.6 Å². The van der Waals surface area contributed by atoms with E-state index in [-0.39, 0.29) is 20.1 Å². The molecule has 16 rings (SSSR count). The summed E-state index contributed by atoms with van der Waals surface area (Å²) in [5.41, 5.74) is 9.83. The largest absolute Gasteiger partial charge is 0.458 e. The van der Waals surface area contributed by atoms with E-state index in [9.17, 15) is 0 Å². The van der Waals surface area contributed by atoms with E-state index in [2.05, 4.69) is 109 Å². The first-order valence-corrected chi connectivity index (χ1v) is 21.5. The molecule has 0 fully saturated rings. The molecule has 0 unspecified atom stereocenters. The maximum atomic E-state index is 6.93. The van der Waals surface area contributed by atoms with Gasteiger partial charge in [-0.05, 0) is 138 Å². The van der Waals surface area contributed by atoms with Gasteiger partial charge in [0.1, 0.15) is 69.0 Å². The molecule has 0 saturated heterocycles. The topological polar surface area (TPSA) is 55.4 Å². The number of benzene rings is 10. The normalized spacial score (nSPS) is 14.4. The summed E-state index contributed by atoms with van der Waals surface area (Å²) in [6, 6.07) is 57.4. The third-order valence-corrected chi connectivity index (χ3v) is 14.2. The van der Waals surface area contributed by atoms with Crippen LogP contribution in [0.2, 0.25) is 0 Å². The molecule has 0 atom stereocenters. The molecule has 6 nitrogen and oxygen atoms in total. The van der Waals surface area contributed by atoms with Gasteiger partial charge in [-0.25, -0.2) is 0 Å². The van der Waals surface area contributed by atoms with Gasteiger partial charge in [0.15, 0.2) is 0 Å². The lowest BCUT2D eigenvalue weighted by molar-refractivity contribution is 0.464. The lowest BCUT2D eigenvalue weighted by Gasteiger charge is -2.34. The van der Waals surface area contributed by atoms with Gasteiger partial charge in [-0.2, -0.15) is 0 Å². The predicted molar refractivity (Wildman–Crippen MR) is 252 cm³/mol. The molecule has 0 aromatic heterocycles. The minimum Gasteiger partial charge on any atom is -0.458 e. The molecule has 0 bridgehead atoms. The average Bonchev–Trinajstić information content (AvgIpc) is 3.32. The van der Waals surface area contributed by atoms with Crippen molar-refractivity contribution in [2.24, 2.45) is 0 Å². The van der Waals surface area contributed by atoms with Crippen molar-refractivity contribution < 1.29 is 28.4 Å². The highest BCUT2D eigenvalue weighted by molar-refractivity contribution is 7.00. The molecule has 63 heavy (non-hydrogen) atoms. The Bertz CT molecular complexity index is 3390. The van der Waals surface area contributed by atoms with E-state index in [0.29, 0.717) is 0 Å². The van der Waals surface area contributed by atoms with E-state index in [0.717, 1.165) is 150 Å². The lowest BCUT2D eigenvalue weighted by Crippen LogP contribution is -2.57. The number of rotatable bonds is 0. The quantitative estimate of drug-likeness (QED) is 0.118. The summed E-state index contributed by atoms with van der Waals surface area (Å²) < 4.78 is 40.3. The number of ether oxygens (including phenoxy) is 6. The molecule has 6 heterocycles. The molecule has 6 aliphatic rings. The minimum absolute atomic E-state index is 0.0800. The third kappa shape index (κ3) is 4.17. The first kappa shape index (κ1) is 32.7. The Morgan fingerprint density at radius 2 is 0.444 bits per heavy atom. The zero-order valence-electron chi connectivity index (χ0n) is 33.3. The van der Waals surface area contributed by atoms with Gasteiger partial charge in [-0.1, -0.05) is 91.0 Å². The van der Waals surface area contributed by atoms with Crippen LogP contribution in [-0.4, -0.2) is 20.1 Å². The van der Waals surface area contributed by atoms with Gasteiger partial charge >= 0.3 is 0 Å². The van der Waals surface area contributed by atoms with Crippen LogP contribution < -0.4 is 77.6 Å². The Balaban J connectivity index is 1.03. The van der Waals surface area contributed by atoms with Crippen molar-refractivity contribution in [2.45, 2.75) is 0 Å². The molecule has 0 radical (unpaired) electrons. The Kier molecular flexibility index (Phi) is 5.95. The van der Waals surface area contributed by atoms with E-state index >= 15 is 0 Å². The van der Waals surface area contributed by atoms with Crippen LogP contribution in [0.15, 0.2) is 164 Å². The maximum Gasteiger partial charge on any atom is 0.260 e. The first-order valence-electron chi connectivity index (χ1n) is 21.5. The van der Waals surface area contributed by atoms with Gasteiger partial charge in [0.05, 0.1) is 0 Å². The average molecular weight is 804 g/mol. The highest BCUT2D eigenvalue weighted by Crippen LogP contribution is 2.45. The standard InChI is InChI=1S/C54H27B3O6/c1-4-13-40-34(10-1)55-37-22-28-31(25-49(37)61-46-19-7-16-43(58-40)52(46)55)29-23-38-51(63-48-21-9-18-45-54(48)56(38)35-11-2-5-14-41(35)59-45)27-33(29)30-24-39-50(26-32(28)30)62-47-20-8-17-44-53(47)57(39)36-12-3-6-15-42(36)60-44/h1-27H. The highest BCUT2D eigenvalue weighted by atomic mass is 16.5. The Morgan fingerprint density at radius 3 is 0.746 bits per heavy atom. The Hall–Kier alpha value is -8.03. The third-order valence-electron chi connectivity index (χ3n) is 14.2. The SMILES string of the molecule is c1ccc2c(c1)Oc1cccc3c1B2c1cc2c(cc1O3)c1cc3c(cc1c1cc4c(cc21)Oc1cccc2c1B4c1ccccc1O2)Oc1cccc2c1B3c1ccccc1O2. The second-order valence-corrected chi connectivity index (χ2v) is 17.3. The van der Waals surface area contributed by atoms with Crippen LogP contribution in [0.3, 0.4) is 0 Å². The fourth-order valence-corrected chi connectivity index (χ4v) is 11.6. The van der Waals surface area contributed by atoms with Gasteiger partial charge in [-0.3, -0.25) is 0 Å². The van der Waals surface area contributed by atoms with E-state index in [1.165, 1.54) is 0 Å². The van der Waals surface area contributed by atoms with Crippen LogP contribution in [0.5, 0.6) is 69.0 Å². The van der Waals surface area contributed by atoms with Crippen molar-refractivity contribution in [2.75, 3.05) is 0 Å². The predicted octanol–water partition coefficient (Wildman–Crippen LogP) is 7.33. The zero-order valence-corrected chi connectivity index (χ0v) is 33.3. The second kappa shape index (κ2) is 11.5. The van der Waals surface area contributed by atoms with Gasteiger partial charge in [0.25, 0.3) is 20.1 Å². The number of hydrogen-bond acceptors (Lipinski definition) is 6. The van der Waals surface area contributed by atoms with E-state index in [1.54, 1.807) is 0 Å². The van der Waals surface area contributed by atoms with Crippen LogP contribution >= 0.6 is 0 Å².